The van der Waals surface area contributed by atoms with E-state index in [1.165, 1.54) is 13.4 Å². The lowest BCUT2D eigenvalue weighted by Gasteiger charge is -2.25. The maximum atomic E-state index is 12.0. The summed E-state index contributed by atoms with van der Waals surface area (Å²) in [6.07, 6.45) is 5.14. The number of methoxy groups -OCH3 is 1. The van der Waals surface area contributed by atoms with Crippen molar-refractivity contribution in [1.82, 2.24) is 19.6 Å². The van der Waals surface area contributed by atoms with Gasteiger partial charge in [-0.1, -0.05) is 13.3 Å². The lowest BCUT2D eigenvalue weighted by molar-refractivity contribution is -0.141. The molecule has 112 valence electrons. The molecule has 0 N–H and O–H groups in total. The second kappa shape index (κ2) is 5.67. The maximum Gasteiger partial charge on any atom is 0.328 e. The molecule has 0 bridgehead atoms. The van der Waals surface area contributed by atoms with E-state index in [0.29, 0.717) is 5.78 Å². The second-order valence-electron chi connectivity index (χ2n) is 5.20. The highest BCUT2D eigenvalue weighted by molar-refractivity contribution is 5.80. The zero-order valence-electron chi connectivity index (χ0n) is 12.3. The molecule has 0 unspecified atom stereocenters. The summed E-state index contributed by atoms with van der Waals surface area (Å²) in [4.78, 5) is 22.7. The van der Waals surface area contributed by atoms with Gasteiger partial charge in [-0.2, -0.15) is 14.6 Å². The van der Waals surface area contributed by atoms with Crippen LogP contribution in [-0.2, 0) is 16.0 Å². The summed E-state index contributed by atoms with van der Waals surface area (Å²) in [6.45, 7) is 2.92. The Balaban J connectivity index is 2.05. The molecule has 1 saturated heterocycles. The van der Waals surface area contributed by atoms with E-state index < -0.39 is 0 Å². The van der Waals surface area contributed by atoms with E-state index in [1.54, 1.807) is 4.52 Å². The van der Waals surface area contributed by atoms with Gasteiger partial charge in [-0.25, -0.2) is 9.78 Å². The fourth-order valence-electron chi connectivity index (χ4n) is 2.85. The minimum atomic E-state index is -0.251. The zero-order valence-corrected chi connectivity index (χ0v) is 12.3. The van der Waals surface area contributed by atoms with Gasteiger partial charge in [0.15, 0.2) is 0 Å². The number of aromatic nitrogens is 4. The van der Waals surface area contributed by atoms with Gasteiger partial charge in [0.25, 0.3) is 5.78 Å². The van der Waals surface area contributed by atoms with Gasteiger partial charge in [0, 0.05) is 18.3 Å². The van der Waals surface area contributed by atoms with Crippen molar-refractivity contribution in [1.29, 1.82) is 0 Å². The van der Waals surface area contributed by atoms with Gasteiger partial charge in [-0.15, -0.1) is 0 Å². The molecule has 21 heavy (non-hydrogen) atoms. The Morgan fingerprint density at radius 1 is 1.52 bits per heavy atom. The molecule has 0 spiro atoms. The first-order chi connectivity index (χ1) is 10.2. The number of rotatable bonds is 4. The Bertz CT molecular complexity index is 654. The number of hydrogen-bond acceptors (Lipinski definition) is 6. The fraction of sp³-hybridized carbons (Fsp3) is 0.571. The Labute approximate surface area is 122 Å². The van der Waals surface area contributed by atoms with E-state index in [1.807, 2.05) is 11.0 Å². The van der Waals surface area contributed by atoms with E-state index in [0.717, 1.165) is 43.7 Å². The lowest BCUT2D eigenvalue weighted by atomic mass is 10.2. The van der Waals surface area contributed by atoms with Crippen molar-refractivity contribution in [2.24, 2.45) is 0 Å². The summed E-state index contributed by atoms with van der Waals surface area (Å²) in [6, 6.07) is 1.76. The first-order valence-electron chi connectivity index (χ1n) is 7.28. The molecule has 1 fully saturated rings. The van der Waals surface area contributed by atoms with E-state index in [4.69, 9.17) is 4.74 Å². The fourth-order valence-corrected chi connectivity index (χ4v) is 2.85. The number of aryl methyl sites for hydroxylation is 1. The van der Waals surface area contributed by atoms with Crippen molar-refractivity contribution in [2.45, 2.75) is 38.6 Å². The van der Waals surface area contributed by atoms with Gasteiger partial charge in [-0.3, -0.25) is 0 Å². The van der Waals surface area contributed by atoms with Crippen LogP contribution in [0.1, 0.15) is 31.9 Å². The van der Waals surface area contributed by atoms with Crippen LogP contribution in [0.15, 0.2) is 12.4 Å². The van der Waals surface area contributed by atoms with Gasteiger partial charge in [0.1, 0.15) is 18.2 Å². The van der Waals surface area contributed by atoms with Crippen molar-refractivity contribution in [2.75, 3.05) is 18.6 Å². The van der Waals surface area contributed by atoms with Gasteiger partial charge in [0.05, 0.1) is 7.11 Å². The van der Waals surface area contributed by atoms with E-state index in [9.17, 15) is 4.79 Å². The molecule has 2 aromatic rings. The standard InChI is InChI=1S/C14H19N5O2/c1-3-5-10-8-12(19-14(17-10)15-9-16-19)18-7-4-6-11(18)13(20)21-2/h8-9,11H,3-7H2,1-2H3/t11-/m0/s1. The summed E-state index contributed by atoms with van der Waals surface area (Å²) in [7, 11) is 1.43. The molecule has 0 saturated carbocycles. The number of ether oxygens (including phenoxy) is 1. The molecule has 7 nitrogen and oxygen atoms in total. The van der Waals surface area contributed by atoms with Gasteiger partial charge in [0.2, 0.25) is 0 Å². The number of nitrogens with zero attached hydrogens (tertiary/aromatic N) is 5. The highest BCUT2D eigenvalue weighted by Crippen LogP contribution is 2.27. The van der Waals surface area contributed by atoms with Crippen molar-refractivity contribution < 1.29 is 9.53 Å². The van der Waals surface area contributed by atoms with Crippen molar-refractivity contribution in [3.05, 3.63) is 18.1 Å². The summed E-state index contributed by atoms with van der Waals surface area (Å²) in [5.41, 5.74) is 0.975. The Hall–Kier alpha value is -2.18. The molecule has 1 aliphatic heterocycles. The van der Waals surface area contributed by atoms with Crippen LogP contribution in [0.4, 0.5) is 5.82 Å². The van der Waals surface area contributed by atoms with Gasteiger partial charge < -0.3 is 9.64 Å². The predicted molar refractivity (Wildman–Crippen MR) is 77.2 cm³/mol. The molecule has 7 heteroatoms. The van der Waals surface area contributed by atoms with Crippen LogP contribution in [0.5, 0.6) is 0 Å². The third kappa shape index (κ3) is 2.43. The monoisotopic (exact) mass is 289 g/mol. The van der Waals surface area contributed by atoms with Crippen LogP contribution in [0, 0.1) is 0 Å². The quantitative estimate of drug-likeness (QED) is 0.788. The molecule has 0 aliphatic carbocycles. The van der Waals surface area contributed by atoms with Crippen LogP contribution >= 0.6 is 0 Å². The minimum Gasteiger partial charge on any atom is -0.467 e. The van der Waals surface area contributed by atoms with Gasteiger partial charge >= 0.3 is 5.97 Å². The van der Waals surface area contributed by atoms with E-state index in [-0.39, 0.29) is 12.0 Å². The van der Waals surface area contributed by atoms with Crippen LogP contribution in [-0.4, -0.2) is 45.2 Å². The predicted octanol–water partition coefficient (Wildman–Crippen LogP) is 1.22. The number of esters is 1. The van der Waals surface area contributed by atoms with E-state index >= 15 is 0 Å². The minimum absolute atomic E-state index is 0.199. The first-order valence-corrected chi connectivity index (χ1v) is 7.28. The van der Waals surface area contributed by atoms with Crippen LogP contribution in [0.2, 0.25) is 0 Å². The SMILES string of the molecule is CCCc1cc(N2CCC[C@H]2C(=O)OC)n2ncnc2n1. The number of hydrogen-bond donors (Lipinski definition) is 0. The molecular formula is C14H19N5O2. The number of carbonyl (C=O) groups excluding carboxylic acids is 1. The third-order valence-electron chi connectivity index (χ3n) is 3.81. The largest absolute Gasteiger partial charge is 0.467 e. The average molecular weight is 289 g/mol. The average Bonchev–Trinajstić information content (AvgIpc) is 3.14. The number of carbonyl (C=O) groups is 1. The topological polar surface area (TPSA) is 72.6 Å². The molecule has 0 aromatic carbocycles. The van der Waals surface area contributed by atoms with Crippen LogP contribution < -0.4 is 4.90 Å². The lowest BCUT2D eigenvalue weighted by Crippen LogP contribution is -2.38. The van der Waals surface area contributed by atoms with Gasteiger partial charge in [-0.05, 0) is 19.3 Å². The summed E-state index contributed by atoms with van der Waals surface area (Å²) >= 11 is 0. The van der Waals surface area contributed by atoms with Crippen molar-refractivity contribution in [3.63, 3.8) is 0 Å². The molecule has 2 aromatic heterocycles. The van der Waals surface area contributed by atoms with Crippen LogP contribution in [0.3, 0.4) is 0 Å². The number of fused-ring (bicyclic) bond motifs is 1. The number of anilines is 1. The molecule has 0 radical (unpaired) electrons. The van der Waals surface area contributed by atoms with Crippen LogP contribution in [0.25, 0.3) is 5.78 Å². The second-order valence-corrected chi connectivity index (χ2v) is 5.20. The normalized spacial score (nSPS) is 18.4. The van der Waals surface area contributed by atoms with Crippen molar-refractivity contribution >= 4 is 17.6 Å². The molecule has 3 heterocycles. The summed E-state index contributed by atoms with van der Waals surface area (Å²) in [5, 5.41) is 4.23. The zero-order chi connectivity index (χ0) is 14.8. The third-order valence-corrected chi connectivity index (χ3v) is 3.81. The van der Waals surface area contributed by atoms with E-state index in [2.05, 4.69) is 22.0 Å². The molecule has 0 amide bonds. The Morgan fingerprint density at radius 3 is 3.14 bits per heavy atom. The molecule has 1 aliphatic rings. The Kier molecular flexibility index (Phi) is 3.72. The Morgan fingerprint density at radius 2 is 2.38 bits per heavy atom. The maximum absolute atomic E-state index is 12.0. The van der Waals surface area contributed by atoms with Crippen molar-refractivity contribution in [3.8, 4) is 0 Å². The molecular weight excluding hydrogens is 270 g/mol. The molecule has 3 rings (SSSR count). The first kappa shape index (κ1) is 13.8. The summed E-state index contributed by atoms with van der Waals surface area (Å²) < 4.78 is 6.61. The summed E-state index contributed by atoms with van der Waals surface area (Å²) in [5.74, 6) is 1.25. The molecule has 1 atom stereocenters. The smallest absolute Gasteiger partial charge is 0.328 e. The highest BCUT2D eigenvalue weighted by Gasteiger charge is 2.33. The highest BCUT2D eigenvalue weighted by atomic mass is 16.5.